The van der Waals surface area contributed by atoms with Gasteiger partial charge in [-0.25, -0.2) is 0 Å². The number of nitrogens with zero attached hydrogens (tertiary/aromatic N) is 2. The maximum atomic E-state index is 12.8. The van der Waals surface area contributed by atoms with Gasteiger partial charge in [0.25, 0.3) is 5.91 Å². The lowest BCUT2D eigenvalue weighted by Crippen LogP contribution is -2.48. The zero-order valence-corrected chi connectivity index (χ0v) is 18.6. The molecule has 1 aromatic carbocycles. The molecule has 2 aliphatic heterocycles. The van der Waals surface area contributed by atoms with Crippen LogP contribution in [0, 0.1) is 5.92 Å². The maximum Gasteiger partial charge on any atom is 0.289 e. The Morgan fingerprint density at radius 3 is 2.53 bits per heavy atom. The fraction of sp³-hybridized carbons (Fsp3) is 0.480. The SMILES string of the molecule is CCCCc1ccc(N2CC(C(=O)NC3CCN(C(=O)c4ccco4)CC3)CC2=O)cc1. The van der Waals surface area contributed by atoms with Crippen molar-refractivity contribution in [2.75, 3.05) is 24.5 Å². The molecule has 0 radical (unpaired) electrons. The number of rotatable bonds is 7. The first-order valence-corrected chi connectivity index (χ1v) is 11.6. The minimum atomic E-state index is -0.343. The van der Waals surface area contributed by atoms with Crippen molar-refractivity contribution in [1.29, 1.82) is 0 Å². The van der Waals surface area contributed by atoms with Gasteiger partial charge in [0, 0.05) is 37.8 Å². The van der Waals surface area contributed by atoms with Gasteiger partial charge in [0.05, 0.1) is 12.2 Å². The number of likely N-dealkylation sites (tertiary alicyclic amines) is 1. The molecule has 7 nitrogen and oxygen atoms in total. The summed E-state index contributed by atoms with van der Waals surface area (Å²) < 4.78 is 5.19. The third kappa shape index (κ3) is 5.03. The highest BCUT2D eigenvalue weighted by atomic mass is 16.3. The van der Waals surface area contributed by atoms with Crippen LogP contribution < -0.4 is 10.2 Å². The van der Waals surface area contributed by atoms with E-state index in [0.717, 1.165) is 24.9 Å². The van der Waals surface area contributed by atoms with E-state index >= 15 is 0 Å². The zero-order valence-electron chi connectivity index (χ0n) is 18.6. The lowest BCUT2D eigenvalue weighted by atomic mass is 10.0. The molecule has 0 spiro atoms. The summed E-state index contributed by atoms with van der Waals surface area (Å²) in [5.41, 5.74) is 2.13. The number of anilines is 1. The molecule has 2 fully saturated rings. The van der Waals surface area contributed by atoms with Crippen molar-refractivity contribution in [2.45, 2.75) is 51.5 Å². The maximum absolute atomic E-state index is 12.8. The number of hydrogen-bond acceptors (Lipinski definition) is 4. The van der Waals surface area contributed by atoms with Crippen molar-refractivity contribution in [3.8, 4) is 0 Å². The van der Waals surface area contributed by atoms with Crippen LogP contribution >= 0.6 is 0 Å². The van der Waals surface area contributed by atoms with Gasteiger partial charge in [0.15, 0.2) is 5.76 Å². The lowest BCUT2D eigenvalue weighted by molar-refractivity contribution is -0.127. The highest BCUT2D eigenvalue weighted by Gasteiger charge is 2.36. The zero-order chi connectivity index (χ0) is 22.5. The first kappa shape index (κ1) is 22.1. The fourth-order valence-corrected chi connectivity index (χ4v) is 4.46. The molecule has 2 saturated heterocycles. The molecule has 32 heavy (non-hydrogen) atoms. The van der Waals surface area contributed by atoms with E-state index in [1.807, 2.05) is 12.1 Å². The van der Waals surface area contributed by atoms with Gasteiger partial charge in [0.2, 0.25) is 11.8 Å². The Hall–Kier alpha value is -3.09. The molecule has 1 aromatic heterocycles. The third-order valence-electron chi connectivity index (χ3n) is 6.42. The molecular formula is C25H31N3O4. The number of aryl methyl sites for hydroxylation is 1. The van der Waals surface area contributed by atoms with Gasteiger partial charge in [-0.1, -0.05) is 25.5 Å². The predicted molar refractivity (Wildman–Crippen MR) is 121 cm³/mol. The molecule has 0 saturated carbocycles. The Labute approximate surface area is 188 Å². The van der Waals surface area contributed by atoms with Gasteiger partial charge in [-0.05, 0) is 55.5 Å². The number of benzene rings is 1. The van der Waals surface area contributed by atoms with Crippen LogP contribution in [-0.4, -0.2) is 48.3 Å². The Morgan fingerprint density at radius 2 is 1.88 bits per heavy atom. The highest BCUT2D eigenvalue weighted by Crippen LogP contribution is 2.26. The predicted octanol–water partition coefficient (Wildman–Crippen LogP) is 3.40. The average molecular weight is 438 g/mol. The van der Waals surface area contributed by atoms with Crippen LogP contribution in [0.1, 0.15) is 55.1 Å². The number of unbranched alkanes of at least 4 members (excludes halogenated alkanes) is 1. The van der Waals surface area contributed by atoms with Gasteiger partial charge in [0.1, 0.15) is 0 Å². The van der Waals surface area contributed by atoms with Crippen molar-refractivity contribution in [3.63, 3.8) is 0 Å². The lowest BCUT2D eigenvalue weighted by Gasteiger charge is -2.32. The number of hydrogen-bond donors (Lipinski definition) is 1. The molecule has 7 heteroatoms. The van der Waals surface area contributed by atoms with Crippen molar-refractivity contribution in [3.05, 3.63) is 54.0 Å². The van der Waals surface area contributed by atoms with E-state index in [9.17, 15) is 14.4 Å². The van der Waals surface area contributed by atoms with Crippen LogP contribution in [0.4, 0.5) is 5.69 Å². The fourth-order valence-electron chi connectivity index (χ4n) is 4.46. The highest BCUT2D eigenvalue weighted by molar-refractivity contribution is 6.00. The van der Waals surface area contributed by atoms with Gasteiger partial charge >= 0.3 is 0 Å². The Balaban J connectivity index is 1.26. The topological polar surface area (TPSA) is 82.9 Å². The van der Waals surface area contributed by atoms with Crippen molar-refractivity contribution < 1.29 is 18.8 Å². The monoisotopic (exact) mass is 437 g/mol. The van der Waals surface area contributed by atoms with Crippen LogP contribution in [0.3, 0.4) is 0 Å². The van der Waals surface area contributed by atoms with E-state index in [1.54, 1.807) is 21.9 Å². The summed E-state index contributed by atoms with van der Waals surface area (Å²) in [5.74, 6) is -0.195. The summed E-state index contributed by atoms with van der Waals surface area (Å²) in [6.45, 7) is 3.73. The Morgan fingerprint density at radius 1 is 1.12 bits per heavy atom. The molecule has 2 aromatic rings. The molecule has 3 amide bonds. The van der Waals surface area contributed by atoms with E-state index in [-0.39, 0.29) is 36.1 Å². The van der Waals surface area contributed by atoms with Gasteiger partial charge in [-0.2, -0.15) is 0 Å². The molecule has 170 valence electrons. The van der Waals surface area contributed by atoms with Crippen LogP contribution in [0.2, 0.25) is 0 Å². The van der Waals surface area contributed by atoms with Crippen molar-refractivity contribution in [2.24, 2.45) is 5.92 Å². The number of carbonyl (C=O) groups is 3. The smallest absolute Gasteiger partial charge is 0.289 e. The molecule has 0 bridgehead atoms. The number of nitrogens with one attached hydrogen (secondary N) is 1. The molecule has 1 unspecified atom stereocenters. The van der Waals surface area contributed by atoms with Gasteiger partial charge in [-0.3, -0.25) is 14.4 Å². The minimum absolute atomic E-state index is 0.00896. The Kier molecular flexibility index (Phi) is 6.93. The second-order valence-electron chi connectivity index (χ2n) is 8.73. The van der Waals surface area contributed by atoms with E-state index in [0.29, 0.717) is 38.2 Å². The average Bonchev–Trinajstić information content (AvgIpc) is 3.48. The van der Waals surface area contributed by atoms with Gasteiger partial charge in [-0.15, -0.1) is 0 Å². The van der Waals surface area contributed by atoms with Crippen LogP contribution in [-0.2, 0) is 16.0 Å². The molecule has 1 atom stereocenters. The second kappa shape index (κ2) is 10.0. The molecule has 3 heterocycles. The van der Waals surface area contributed by atoms with E-state index in [4.69, 9.17) is 4.42 Å². The second-order valence-corrected chi connectivity index (χ2v) is 8.73. The summed E-state index contributed by atoms with van der Waals surface area (Å²) in [5, 5.41) is 3.10. The standard InChI is InChI=1S/C25H31N3O4/c1-2-3-5-18-7-9-21(10-8-18)28-17-19(16-23(28)29)24(30)26-20-11-13-27(14-12-20)25(31)22-6-4-15-32-22/h4,6-10,15,19-20H,2-3,5,11-14,16-17H2,1H3,(H,26,30). The normalized spacial score (nSPS) is 19.4. The number of piperidine rings is 1. The molecule has 2 aliphatic rings. The molecule has 1 N–H and O–H groups in total. The molecule has 4 rings (SSSR count). The summed E-state index contributed by atoms with van der Waals surface area (Å²) in [6.07, 6.45) is 6.47. The number of carbonyl (C=O) groups excluding carboxylic acids is 3. The largest absolute Gasteiger partial charge is 0.459 e. The van der Waals surface area contributed by atoms with Crippen molar-refractivity contribution >= 4 is 23.4 Å². The van der Waals surface area contributed by atoms with E-state index in [1.165, 1.54) is 11.8 Å². The Bertz CT molecular complexity index is 931. The molecule has 0 aliphatic carbocycles. The minimum Gasteiger partial charge on any atom is -0.459 e. The number of furan rings is 1. The van der Waals surface area contributed by atoms with E-state index in [2.05, 4.69) is 24.4 Å². The van der Waals surface area contributed by atoms with Crippen LogP contribution in [0.15, 0.2) is 47.1 Å². The van der Waals surface area contributed by atoms with E-state index < -0.39 is 0 Å². The summed E-state index contributed by atoms with van der Waals surface area (Å²) in [7, 11) is 0. The van der Waals surface area contributed by atoms with Crippen molar-refractivity contribution in [1.82, 2.24) is 10.2 Å². The summed E-state index contributed by atoms with van der Waals surface area (Å²) >= 11 is 0. The van der Waals surface area contributed by atoms with Gasteiger partial charge < -0.3 is 19.5 Å². The van der Waals surface area contributed by atoms with Crippen LogP contribution in [0.25, 0.3) is 0 Å². The number of amides is 3. The van der Waals surface area contributed by atoms with Crippen LogP contribution in [0.5, 0.6) is 0 Å². The first-order chi connectivity index (χ1) is 15.5. The first-order valence-electron chi connectivity index (χ1n) is 11.6. The quantitative estimate of drug-likeness (QED) is 0.720. The summed E-state index contributed by atoms with van der Waals surface area (Å²) in [6, 6.07) is 11.5. The molecular weight excluding hydrogens is 406 g/mol. The third-order valence-corrected chi connectivity index (χ3v) is 6.42. The summed E-state index contributed by atoms with van der Waals surface area (Å²) in [4.78, 5) is 41.2.